The number of nitrogens with two attached hydrogens (primary N) is 1. The second-order valence-corrected chi connectivity index (χ2v) is 17.6. The number of carbonyl (C=O) groups is 2. The molecule has 2 bridgehead atoms. The van der Waals surface area contributed by atoms with Gasteiger partial charge in [0.15, 0.2) is 12.1 Å². The first-order chi connectivity index (χ1) is 30.6. The Morgan fingerprint density at radius 2 is 1.23 bits per heavy atom. The van der Waals surface area contributed by atoms with E-state index in [0.717, 1.165) is 0 Å². The van der Waals surface area contributed by atoms with Crippen molar-refractivity contribution in [1.82, 2.24) is 0 Å². The Bertz CT molecular complexity index is 1670. The van der Waals surface area contributed by atoms with Crippen molar-refractivity contribution in [2.24, 2.45) is 23.5 Å². The van der Waals surface area contributed by atoms with Crippen LogP contribution in [0, 0.1) is 17.8 Å². The van der Waals surface area contributed by atoms with E-state index >= 15 is 0 Å². The average Bonchev–Trinajstić information content (AvgIpc) is 3.21. The van der Waals surface area contributed by atoms with E-state index in [1.807, 2.05) is 19.1 Å². The highest BCUT2D eigenvalue weighted by atomic mass is 16.7. The smallest absolute Gasteiger partial charge is 0.311 e. The van der Waals surface area contributed by atoms with E-state index in [4.69, 9.17) is 24.7 Å². The monoisotopic (exact) mass is 923 g/mol. The zero-order valence-corrected chi connectivity index (χ0v) is 37.6. The molecular formula is C47H73NO17. The van der Waals surface area contributed by atoms with Gasteiger partial charge in [-0.25, -0.2) is 0 Å². The molecule has 11 unspecified atom stereocenters. The Morgan fingerprint density at radius 3 is 1.82 bits per heavy atom. The van der Waals surface area contributed by atoms with Gasteiger partial charge in [0.2, 0.25) is 0 Å². The lowest BCUT2D eigenvalue weighted by Gasteiger charge is -2.45. The van der Waals surface area contributed by atoms with Gasteiger partial charge in [0.1, 0.15) is 18.1 Å². The molecular weight excluding hydrogens is 851 g/mol. The van der Waals surface area contributed by atoms with Gasteiger partial charge in [0, 0.05) is 37.5 Å². The summed E-state index contributed by atoms with van der Waals surface area (Å²) in [4.78, 5) is 25.1. The Morgan fingerprint density at radius 1 is 0.662 bits per heavy atom. The molecule has 13 N–H and O–H groups in total. The van der Waals surface area contributed by atoms with Crippen molar-refractivity contribution in [3.8, 4) is 0 Å². The normalized spacial score (nSPS) is 45.5. The molecule has 0 spiro atoms. The van der Waals surface area contributed by atoms with Gasteiger partial charge in [-0.2, -0.15) is 0 Å². The number of ether oxygens (including phenoxy) is 4. The minimum absolute atomic E-state index is 0.107. The van der Waals surface area contributed by atoms with E-state index in [2.05, 4.69) is 0 Å². The summed E-state index contributed by atoms with van der Waals surface area (Å²) in [5.41, 5.74) is 6.02. The average molecular weight is 924 g/mol. The Hall–Kier alpha value is -3.44. The van der Waals surface area contributed by atoms with Gasteiger partial charge in [-0.05, 0) is 33.1 Å². The molecule has 3 rings (SSSR count). The largest absolute Gasteiger partial charge is 0.481 e. The number of cyclic esters (lactones) is 1. The minimum Gasteiger partial charge on any atom is -0.481 e. The van der Waals surface area contributed by atoms with E-state index in [-0.39, 0.29) is 31.6 Å². The first-order valence-electron chi connectivity index (χ1n) is 22.3. The van der Waals surface area contributed by atoms with Crippen molar-refractivity contribution >= 4 is 11.9 Å². The predicted molar refractivity (Wildman–Crippen MR) is 237 cm³/mol. The topological polar surface area (TPSA) is 320 Å². The number of allylic oxidation sites excluding steroid dienone is 12. The van der Waals surface area contributed by atoms with Gasteiger partial charge in [-0.15, -0.1) is 0 Å². The van der Waals surface area contributed by atoms with Crippen LogP contribution in [0.25, 0.3) is 0 Å². The summed E-state index contributed by atoms with van der Waals surface area (Å²) < 4.78 is 23.1. The summed E-state index contributed by atoms with van der Waals surface area (Å²) in [5.74, 6) is -6.83. The lowest BCUT2D eigenvalue weighted by atomic mass is 9.82. The van der Waals surface area contributed by atoms with Crippen LogP contribution in [0.15, 0.2) is 85.1 Å². The zero-order chi connectivity index (χ0) is 48.4. The molecule has 65 heavy (non-hydrogen) atoms. The molecule has 3 aliphatic heterocycles. The van der Waals surface area contributed by atoms with Crippen molar-refractivity contribution < 1.29 is 84.7 Å². The highest BCUT2D eigenvalue weighted by Crippen LogP contribution is 2.38. The molecule has 0 saturated carbocycles. The molecule has 18 heteroatoms. The number of hydrogen-bond donors (Lipinski definition) is 12. The van der Waals surface area contributed by atoms with Gasteiger partial charge in [-0.1, -0.05) is 98.9 Å². The lowest BCUT2D eigenvalue weighted by Crippen LogP contribution is -2.61. The van der Waals surface area contributed by atoms with Crippen LogP contribution >= 0.6 is 0 Å². The number of carboxylic acids is 1. The highest BCUT2D eigenvalue weighted by Gasteiger charge is 2.51. The van der Waals surface area contributed by atoms with Crippen molar-refractivity contribution in [3.63, 3.8) is 0 Å². The summed E-state index contributed by atoms with van der Waals surface area (Å²) in [6.45, 7) is 6.74. The standard InChI is InChI=1S/C47H73NO17/c1-27-17-15-13-11-9-7-5-6-8-10-12-14-16-18-34(64-46-44(58)41(48)43(57)30(4)63-46)24-38-40(45(59)60)37(54)26-47(61,65-38)25-33(51)22-36(53)35(52)20-19-31(49)21-32(50)23-39(55)62-29(3)28(2)42(27)56/h5-18,27-38,40-44,46,49-54,56-58,61H,19-26,48H2,1-4H3,(H,59,60)/b6-5-,9-7-,10-8-,13-11-,14-12-,17-15-,18-16-/t27-,28-,29-,30+,31?,32?,33?,34?,35?,36?,37-,38-,40?,41-,42?,43?,44-,46?,47?/m0/s1. The summed E-state index contributed by atoms with van der Waals surface area (Å²) in [6, 6.07) is -1.15. The van der Waals surface area contributed by atoms with Crippen LogP contribution in [0.3, 0.4) is 0 Å². The lowest BCUT2D eigenvalue weighted by molar-refractivity contribution is -0.308. The maximum Gasteiger partial charge on any atom is 0.311 e. The Balaban J connectivity index is 1.86. The molecule has 0 aromatic carbocycles. The maximum atomic E-state index is 12.6. The second kappa shape index (κ2) is 27.4. The van der Waals surface area contributed by atoms with Crippen LogP contribution in [0.4, 0.5) is 0 Å². The van der Waals surface area contributed by atoms with E-state index < -0.39 is 147 Å². The Kier molecular flexibility index (Phi) is 23.6. The summed E-state index contributed by atoms with van der Waals surface area (Å²) in [7, 11) is 0. The van der Waals surface area contributed by atoms with Crippen LogP contribution in [0.2, 0.25) is 0 Å². The third-order valence-electron chi connectivity index (χ3n) is 12.0. The fraction of sp³-hybridized carbons (Fsp3) is 0.660. The highest BCUT2D eigenvalue weighted by molar-refractivity contribution is 5.71. The molecule has 2 saturated heterocycles. The summed E-state index contributed by atoms with van der Waals surface area (Å²) >= 11 is 0. The Labute approximate surface area is 381 Å². The number of carbonyl (C=O) groups excluding carboxylic acids is 1. The van der Waals surface area contributed by atoms with Crippen LogP contribution in [0.5, 0.6) is 0 Å². The van der Waals surface area contributed by atoms with E-state index in [1.165, 1.54) is 13.0 Å². The van der Waals surface area contributed by atoms with Gasteiger partial charge >= 0.3 is 11.9 Å². The number of aliphatic hydroxyl groups is 10. The number of rotatable bonds is 3. The SMILES string of the molecule is C[C@@H]1OC(=O)CC(O)CC(O)CCC(O)C(O)CC(O)CC2(O)C[C@H](O)C(C(=O)O)[C@H](CC(OC3O[C@H](C)C(O)[C@H](N)[C@@H]3O)\C=C/C=C\C=C/C=C\C=C/C=C\C=C/[C@H](C)C(O)[C@H]1C)O2. The van der Waals surface area contributed by atoms with Gasteiger partial charge < -0.3 is 80.9 Å². The fourth-order valence-electron chi connectivity index (χ4n) is 7.97. The van der Waals surface area contributed by atoms with E-state index in [0.29, 0.717) is 0 Å². The fourth-order valence-corrected chi connectivity index (χ4v) is 7.97. The number of aliphatic hydroxyl groups excluding tert-OH is 9. The molecule has 0 amide bonds. The van der Waals surface area contributed by atoms with Crippen molar-refractivity contribution in [2.75, 3.05) is 0 Å². The molecule has 2 fully saturated rings. The quantitative estimate of drug-likeness (QED) is 0.174. The molecule has 0 radical (unpaired) electrons. The zero-order valence-electron chi connectivity index (χ0n) is 37.6. The van der Waals surface area contributed by atoms with Crippen molar-refractivity contribution in [1.29, 1.82) is 0 Å². The molecule has 0 aromatic heterocycles. The maximum absolute atomic E-state index is 12.6. The van der Waals surface area contributed by atoms with Gasteiger partial charge in [0.05, 0.1) is 79.6 Å². The predicted octanol–water partition coefficient (Wildman–Crippen LogP) is 0.712. The van der Waals surface area contributed by atoms with Crippen molar-refractivity contribution in [3.05, 3.63) is 85.1 Å². The third kappa shape index (κ3) is 18.6. The minimum atomic E-state index is -2.33. The van der Waals surface area contributed by atoms with Gasteiger partial charge in [0.25, 0.3) is 0 Å². The van der Waals surface area contributed by atoms with Crippen molar-refractivity contribution in [2.45, 2.75) is 177 Å². The van der Waals surface area contributed by atoms with E-state index in [1.54, 1.807) is 80.7 Å². The molecule has 18 nitrogen and oxygen atoms in total. The number of esters is 1. The second-order valence-electron chi connectivity index (χ2n) is 17.6. The van der Waals surface area contributed by atoms with Crippen LogP contribution in [0.1, 0.15) is 79.1 Å². The molecule has 3 heterocycles. The first-order valence-corrected chi connectivity index (χ1v) is 22.3. The summed E-state index contributed by atoms with van der Waals surface area (Å²) in [5, 5.41) is 118. The molecule has 0 aromatic rings. The third-order valence-corrected chi connectivity index (χ3v) is 12.0. The van der Waals surface area contributed by atoms with Crippen LogP contribution in [-0.2, 0) is 28.5 Å². The van der Waals surface area contributed by atoms with Crippen LogP contribution < -0.4 is 5.73 Å². The molecule has 0 aliphatic carbocycles. The van der Waals surface area contributed by atoms with Gasteiger partial charge in [-0.3, -0.25) is 9.59 Å². The molecule has 368 valence electrons. The van der Waals surface area contributed by atoms with E-state index in [9.17, 15) is 65.8 Å². The summed E-state index contributed by atoms with van der Waals surface area (Å²) in [6.07, 6.45) is 3.46. The molecule has 3 aliphatic rings. The van der Waals surface area contributed by atoms with Crippen LogP contribution in [-0.4, -0.2) is 166 Å². The first kappa shape index (κ1) is 55.9. The number of carboxylic acid groups (broad SMARTS) is 1. The number of fused-ring (bicyclic) bond motifs is 2. The number of hydrogen-bond acceptors (Lipinski definition) is 17. The number of aliphatic carboxylic acids is 1. The molecule has 19 atom stereocenters.